The monoisotopic (exact) mass is 565 g/mol. The first-order valence-corrected chi connectivity index (χ1v) is 14.4. The van der Waals surface area contributed by atoms with E-state index in [9.17, 15) is 4.79 Å². The van der Waals surface area contributed by atoms with E-state index in [0.717, 1.165) is 47.6 Å². The minimum Gasteiger partial charge on any atom is -0.495 e. The normalized spacial score (nSPS) is 14.7. The third-order valence-corrected chi connectivity index (χ3v) is 7.81. The first kappa shape index (κ1) is 27.5. The first-order valence-electron chi connectivity index (χ1n) is 14.4. The molecule has 42 heavy (non-hydrogen) atoms. The van der Waals surface area contributed by atoms with Gasteiger partial charge in [0.2, 0.25) is 0 Å². The molecular formula is C32H35N7O3. The first-order chi connectivity index (χ1) is 20.6. The summed E-state index contributed by atoms with van der Waals surface area (Å²) in [5.41, 5.74) is 3.48. The number of fused-ring (bicyclic) bond motifs is 1. The molecule has 0 amide bonds. The van der Waals surface area contributed by atoms with Crippen molar-refractivity contribution in [1.82, 2.24) is 30.1 Å². The van der Waals surface area contributed by atoms with Gasteiger partial charge in [0.1, 0.15) is 17.5 Å². The van der Waals surface area contributed by atoms with Crippen LogP contribution in [0.4, 0.5) is 5.69 Å². The Morgan fingerprint density at radius 1 is 0.952 bits per heavy atom. The number of ether oxygens (including phenoxy) is 2. The second kappa shape index (κ2) is 12.4. The van der Waals surface area contributed by atoms with Gasteiger partial charge in [-0.25, -0.2) is 4.68 Å². The lowest BCUT2D eigenvalue weighted by Crippen LogP contribution is -2.49. The van der Waals surface area contributed by atoms with Gasteiger partial charge >= 0.3 is 0 Å². The van der Waals surface area contributed by atoms with Crippen molar-refractivity contribution in [3.05, 3.63) is 106 Å². The number of para-hydroxylation sites is 2. The number of nitrogens with one attached hydrogen (secondary N) is 1. The molecule has 1 saturated heterocycles. The van der Waals surface area contributed by atoms with Crippen LogP contribution >= 0.6 is 0 Å². The number of tetrazole rings is 1. The quantitative estimate of drug-likeness (QED) is 0.270. The Labute approximate surface area is 244 Å². The molecule has 1 fully saturated rings. The van der Waals surface area contributed by atoms with Crippen LogP contribution in [-0.2, 0) is 13.0 Å². The molecule has 5 aromatic rings. The number of aryl methyl sites for hydroxylation is 2. The summed E-state index contributed by atoms with van der Waals surface area (Å²) < 4.78 is 13.2. The highest BCUT2D eigenvalue weighted by Crippen LogP contribution is 2.32. The number of methoxy groups -OCH3 is 1. The highest BCUT2D eigenvalue weighted by atomic mass is 16.5. The Hall–Kier alpha value is -4.70. The molecule has 0 bridgehead atoms. The SMILES string of the molecule is CCOc1ccc2[nH]c(=O)c([C@@H](c3nnnn3CCc3ccccc3)N3CCN(c4ccccc4OC)CC3)cc2c1. The van der Waals surface area contributed by atoms with Crippen LogP contribution in [-0.4, -0.2) is 70.0 Å². The van der Waals surface area contributed by atoms with Gasteiger partial charge in [-0.15, -0.1) is 5.10 Å². The van der Waals surface area contributed by atoms with E-state index in [1.54, 1.807) is 7.11 Å². The molecule has 1 atom stereocenters. The smallest absolute Gasteiger partial charge is 0.253 e. The summed E-state index contributed by atoms with van der Waals surface area (Å²) in [6.45, 7) is 6.08. The zero-order valence-corrected chi connectivity index (χ0v) is 23.9. The number of aromatic nitrogens is 5. The van der Waals surface area contributed by atoms with Crippen LogP contribution in [0.1, 0.15) is 29.9 Å². The molecule has 3 aromatic carbocycles. The zero-order valence-electron chi connectivity index (χ0n) is 23.9. The largest absolute Gasteiger partial charge is 0.495 e. The molecule has 0 unspecified atom stereocenters. The van der Waals surface area contributed by atoms with Crippen molar-refractivity contribution in [1.29, 1.82) is 0 Å². The maximum absolute atomic E-state index is 13.7. The van der Waals surface area contributed by atoms with Gasteiger partial charge in [-0.3, -0.25) is 9.69 Å². The van der Waals surface area contributed by atoms with E-state index < -0.39 is 6.04 Å². The molecular weight excluding hydrogens is 530 g/mol. The summed E-state index contributed by atoms with van der Waals surface area (Å²) in [6, 6.07) is 25.6. The van der Waals surface area contributed by atoms with Crippen LogP contribution in [0.2, 0.25) is 0 Å². The molecule has 10 heteroatoms. The van der Waals surface area contributed by atoms with Crippen LogP contribution in [0.5, 0.6) is 11.5 Å². The van der Waals surface area contributed by atoms with Gasteiger partial charge in [-0.2, -0.15) is 0 Å². The molecule has 10 nitrogen and oxygen atoms in total. The third-order valence-electron chi connectivity index (χ3n) is 7.81. The van der Waals surface area contributed by atoms with Crippen molar-refractivity contribution in [2.75, 3.05) is 44.8 Å². The number of rotatable bonds is 10. The van der Waals surface area contributed by atoms with Gasteiger partial charge in [0.05, 0.1) is 19.4 Å². The Morgan fingerprint density at radius 2 is 1.74 bits per heavy atom. The third kappa shape index (κ3) is 5.71. The maximum atomic E-state index is 13.7. The predicted octanol–water partition coefficient (Wildman–Crippen LogP) is 4.08. The number of piperazine rings is 1. The summed E-state index contributed by atoms with van der Waals surface area (Å²) >= 11 is 0. The van der Waals surface area contributed by atoms with E-state index in [2.05, 4.69) is 48.5 Å². The van der Waals surface area contributed by atoms with Crippen LogP contribution in [0.15, 0.2) is 83.7 Å². The second-order valence-corrected chi connectivity index (χ2v) is 10.3. The number of hydrogen-bond acceptors (Lipinski definition) is 8. The molecule has 216 valence electrons. The van der Waals surface area contributed by atoms with Crippen LogP contribution in [0.25, 0.3) is 10.9 Å². The molecule has 0 saturated carbocycles. The van der Waals surface area contributed by atoms with Gasteiger partial charge in [-0.05, 0) is 65.7 Å². The molecule has 3 heterocycles. The van der Waals surface area contributed by atoms with E-state index >= 15 is 0 Å². The van der Waals surface area contributed by atoms with Gasteiger partial charge in [0.25, 0.3) is 5.56 Å². The Morgan fingerprint density at radius 3 is 2.52 bits per heavy atom. The van der Waals surface area contributed by atoms with Crippen molar-refractivity contribution in [3.8, 4) is 11.5 Å². The van der Waals surface area contributed by atoms with Crippen LogP contribution in [0, 0.1) is 0 Å². The summed E-state index contributed by atoms with van der Waals surface area (Å²) in [4.78, 5) is 21.4. The Kier molecular flexibility index (Phi) is 8.14. The number of hydrogen-bond donors (Lipinski definition) is 1. The number of anilines is 1. The number of benzene rings is 3. The number of H-pyrrole nitrogens is 1. The standard InChI is InChI=1S/C32H35N7O3/c1-3-42-25-13-14-27-24(21-25)22-26(32(40)33-27)30(31-34-35-36-39(31)16-15-23-9-5-4-6-10-23)38-19-17-37(18-20-38)28-11-7-8-12-29(28)41-2/h4-14,21-22,30H,3,15-20H2,1-2H3,(H,33,40)/t30-/m0/s1. The second-order valence-electron chi connectivity index (χ2n) is 10.3. The van der Waals surface area contributed by atoms with Crippen LogP contribution in [0.3, 0.4) is 0 Å². The average Bonchev–Trinajstić information content (AvgIpc) is 3.49. The highest BCUT2D eigenvalue weighted by molar-refractivity contribution is 5.80. The molecule has 1 aliphatic rings. The van der Waals surface area contributed by atoms with E-state index in [4.69, 9.17) is 9.47 Å². The van der Waals surface area contributed by atoms with Crippen molar-refractivity contribution < 1.29 is 9.47 Å². The van der Waals surface area contributed by atoms with Crippen molar-refractivity contribution in [2.45, 2.75) is 25.9 Å². The molecule has 1 N–H and O–H groups in total. The number of aromatic amines is 1. The minimum absolute atomic E-state index is 0.151. The van der Waals surface area contributed by atoms with E-state index in [1.165, 1.54) is 5.56 Å². The lowest BCUT2D eigenvalue weighted by Gasteiger charge is -2.40. The molecule has 1 aliphatic heterocycles. The summed E-state index contributed by atoms with van der Waals surface area (Å²) in [5, 5.41) is 13.8. The fourth-order valence-corrected chi connectivity index (χ4v) is 5.72. The maximum Gasteiger partial charge on any atom is 0.253 e. The molecule has 2 aromatic heterocycles. The minimum atomic E-state index is -0.431. The number of nitrogens with zero attached hydrogens (tertiary/aromatic N) is 6. The Bertz CT molecular complexity index is 1690. The predicted molar refractivity (Wildman–Crippen MR) is 162 cm³/mol. The lowest BCUT2D eigenvalue weighted by atomic mass is 10.0. The number of pyridine rings is 1. The van der Waals surface area contributed by atoms with Gasteiger partial charge in [0.15, 0.2) is 5.82 Å². The van der Waals surface area contributed by atoms with Gasteiger partial charge in [0, 0.05) is 49.2 Å². The van der Waals surface area contributed by atoms with Crippen molar-refractivity contribution in [2.24, 2.45) is 0 Å². The average molecular weight is 566 g/mol. The lowest BCUT2D eigenvalue weighted by molar-refractivity contribution is 0.199. The Balaban J connectivity index is 1.36. The summed E-state index contributed by atoms with van der Waals surface area (Å²) in [6.07, 6.45) is 0.777. The fourth-order valence-electron chi connectivity index (χ4n) is 5.72. The summed E-state index contributed by atoms with van der Waals surface area (Å²) in [7, 11) is 1.70. The molecule has 0 radical (unpaired) electrons. The molecule has 6 rings (SSSR count). The van der Waals surface area contributed by atoms with E-state index in [0.29, 0.717) is 37.6 Å². The van der Waals surface area contributed by atoms with E-state index in [1.807, 2.05) is 72.3 Å². The van der Waals surface area contributed by atoms with Gasteiger partial charge in [-0.1, -0.05) is 42.5 Å². The van der Waals surface area contributed by atoms with Gasteiger partial charge < -0.3 is 19.4 Å². The fraction of sp³-hybridized carbons (Fsp3) is 0.312. The van der Waals surface area contributed by atoms with E-state index in [-0.39, 0.29) is 5.56 Å². The zero-order chi connectivity index (χ0) is 28.9. The summed E-state index contributed by atoms with van der Waals surface area (Å²) in [5.74, 6) is 2.27. The van der Waals surface area contributed by atoms with Crippen molar-refractivity contribution >= 4 is 16.6 Å². The molecule has 0 aliphatic carbocycles. The van der Waals surface area contributed by atoms with Crippen LogP contribution < -0.4 is 19.9 Å². The van der Waals surface area contributed by atoms with Crippen molar-refractivity contribution in [3.63, 3.8) is 0 Å². The highest BCUT2D eigenvalue weighted by Gasteiger charge is 2.33. The topological polar surface area (TPSA) is 101 Å². The molecule has 0 spiro atoms.